The second-order valence-corrected chi connectivity index (χ2v) is 6.96. The normalized spacial score (nSPS) is 12.2. The van der Waals surface area contributed by atoms with Gasteiger partial charge in [0.15, 0.2) is 5.96 Å². The van der Waals surface area contributed by atoms with E-state index in [2.05, 4.69) is 27.5 Å². The maximum absolute atomic E-state index is 10.3. The van der Waals surface area contributed by atoms with Crippen LogP contribution in [0.25, 0.3) is 0 Å². The van der Waals surface area contributed by atoms with Crippen molar-refractivity contribution in [1.29, 1.82) is 0 Å². The Morgan fingerprint density at radius 1 is 1.26 bits per heavy atom. The SMILES string of the molecule is CCNC(=NCC(O)c1ccc(OC)cc1)NCCc1ncc(CC)s1.I. The first-order valence-corrected chi connectivity index (χ1v) is 9.75. The lowest BCUT2D eigenvalue weighted by molar-refractivity contribution is 0.187. The van der Waals surface area contributed by atoms with Gasteiger partial charge in [0.05, 0.1) is 24.8 Å². The molecule has 3 N–H and O–H groups in total. The second-order valence-electron chi connectivity index (χ2n) is 5.76. The van der Waals surface area contributed by atoms with Crippen LogP contribution in [0.4, 0.5) is 0 Å². The van der Waals surface area contributed by atoms with Crippen LogP contribution in [0, 0.1) is 0 Å². The molecule has 0 aliphatic rings. The van der Waals surface area contributed by atoms with Crippen LogP contribution in [0.1, 0.15) is 35.4 Å². The number of methoxy groups -OCH3 is 1. The number of aliphatic hydroxyl groups excluding tert-OH is 1. The maximum Gasteiger partial charge on any atom is 0.191 e. The molecule has 8 heteroatoms. The largest absolute Gasteiger partial charge is 0.497 e. The lowest BCUT2D eigenvalue weighted by Crippen LogP contribution is -2.38. The van der Waals surface area contributed by atoms with Crippen molar-refractivity contribution in [3.63, 3.8) is 0 Å². The van der Waals surface area contributed by atoms with E-state index in [9.17, 15) is 5.11 Å². The van der Waals surface area contributed by atoms with Crippen molar-refractivity contribution in [2.45, 2.75) is 32.8 Å². The Hall–Kier alpha value is -1.39. The Balaban J connectivity index is 0.00000364. The molecule has 0 bridgehead atoms. The number of aliphatic hydroxyl groups is 1. The third kappa shape index (κ3) is 8.02. The molecule has 1 aromatic carbocycles. The lowest BCUT2D eigenvalue weighted by atomic mass is 10.1. The highest BCUT2D eigenvalue weighted by Gasteiger charge is 2.08. The number of hydrogen-bond acceptors (Lipinski definition) is 5. The second kappa shape index (κ2) is 12.9. The zero-order valence-corrected chi connectivity index (χ0v) is 19.2. The van der Waals surface area contributed by atoms with E-state index in [-0.39, 0.29) is 24.0 Å². The number of hydrogen-bond donors (Lipinski definition) is 3. The van der Waals surface area contributed by atoms with Gasteiger partial charge in [-0.2, -0.15) is 0 Å². The topological polar surface area (TPSA) is 78.8 Å². The molecule has 150 valence electrons. The fourth-order valence-corrected chi connectivity index (χ4v) is 3.23. The van der Waals surface area contributed by atoms with Gasteiger partial charge >= 0.3 is 0 Å². The van der Waals surface area contributed by atoms with E-state index in [1.165, 1.54) is 4.88 Å². The minimum atomic E-state index is -0.651. The molecule has 1 aromatic heterocycles. The fraction of sp³-hybridized carbons (Fsp3) is 0.474. The molecular formula is C19H29IN4O2S. The van der Waals surface area contributed by atoms with Crippen LogP contribution in [0.2, 0.25) is 0 Å². The van der Waals surface area contributed by atoms with Crippen molar-refractivity contribution >= 4 is 41.3 Å². The molecule has 1 heterocycles. The number of halogens is 1. The summed E-state index contributed by atoms with van der Waals surface area (Å²) in [5.41, 5.74) is 0.820. The van der Waals surface area contributed by atoms with Crippen LogP contribution in [0.5, 0.6) is 5.75 Å². The summed E-state index contributed by atoms with van der Waals surface area (Å²) >= 11 is 1.75. The van der Waals surface area contributed by atoms with Crippen LogP contribution in [-0.4, -0.2) is 42.8 Å². The van der Waals surface area contributed by atoms with E-state index in [1.807, 2.05) is 37.4 Å². The molecule has 27 heavy (non-hydrogen) atoms. The number of nitrogens with one attached hydrogen (secondary N) is 2. The average molecular weight is 504 g/mol. The number of benzene rings is 1. The number of thiazole rings is 1. The number of rotatable bonds is 9. The minimum absolute atomic E-state index is 0. The van der Waals surface area contributed by atoms with Gasteiger partial charge in [0.1, 0.15) is 5.75 Å². The van der Waals surface area contributed by atoms with Gasteiger partial charge in [0.2, 0.25) is 0 Å². The average Bonchev–Trinajstić information content (AvgIpc) is 3.14. The number of guanidine groups is 1. The molecule has 0 radical (unpaired) electrons. The van der Waals surface area contributed by atoms with Gasteiger partial charge in [-0.1, -0.05) is 19.1 Å². The Labute approximate surface area is 182 Å². The van der Waals surface area contributed by atoms with E-state index in [0.29, 0.717) is 12.5 Å². The van der Waals surface area contributed by atoms with E-state index in [1.54, 1.807) is 18.4 Å². The number of ether oxygens (including phenoxy) is 1. The molecule has 1 unspecified atom stereocenters. The van der Waals surface area contributed by atoms with Crippen molar-refractivity contribution in [1.82, 2.24) is 15.6 Å². The molecule has 6 nitrogen and oxygen atoms in total. The van der Waals surface area contributed by atoms with E-state index in [4.69, 9.17) is 4.74 Å². The van der Waals surface area contributed by atoms with Crippen LogP contribution in [-0.2, 0) is 12.8 Å². The summed E-state index contributed by atoms with van der Waals surface area (Å²) in [7, 11) is 1.62. The summed E-state index contributed by atoms with van der Waals surface area (Å²) in [5, 5.41) is 17.9. The summed E-state index contributed by atoms with van der Waals surface area (Å²) in [6, 6.07) is 7.38. The first-order chi connectivity index (χ1) is 12.7. The zero-order chi connectivity index (χ0) is 18.8. The quantitative estimate of drug-likeness (QED) is 0.278. The minimum Gasteiger partial charge on any atom is -0.497 e. The maximum atomic E-state index is 10.3. The van der Waals surface area contributed by atoms with Gasteiger partial charge in [0, 0.05) is 30.6 Å². The molecule has 0 amide bonds. The van der Waals surface area contributed by atoms with Gasteiger partial charge in [-0.25, -0.2) is 4.98 Å². The number of aryl methyl sites for hydroxylation is 1. The molecule has 2 rings (SSSR count). The van der Waals surface area contributed by atoms with Crippen LogP contribution in [0.3, 0.4) is 0 Å². The molecule has 0 saturated carbocycles. The molecule has 0 saturated heterocycles. The van der Waals surface area contributed by atoms with Crippen molar-refractivity contribution < 1.29 is 9.84 Å². The van der Waals surface area contributed by atoms with Crippen molar-refractivity contribution in [2.75, 3.05) is 26.7 Å². The predicted molar refractivity (Wildman–Crippen MR) is 123 cm³/mol. The van der Waals surface area contributed by atoms with Crippen molar-refractivity contribution in [3.05, 3.63) is 45.9 Å². The van der Waals surface area contributed by atoms with Gasteiger partial charge in [-0.15, -0.1) is 35.3 Å². The smallest absolute Gasteiger partial charge is 0.191 e. The van der Waals surface area contributed by atoms with Gasteiger partial charge < -0.3 is 20.5 Å². The highest BCUT2D eigenvalue weighted by Crippen LogP contribution is 2.17. The summed E-state index contributed by atoms with van der Waals surface area (Å²) < 4.78 is 5.14. The van der Waals surface area contributed by atoms with Crippen LogP contribution < -0.4 is 15.4 Å². The van der Waals surface area contributed by atoms with Crippen LogP contribution in [0.15, 0.2) is 35.5 Å². The summed E-state index contributed by atoms with van der Waals surface area (Å²) in [5.74, 6) is 1.47. The molecule has 0 aliphatic heterocycles. The molecular weight excluding hydrogens is 475 g/mol. The van der Waals surface area contributed by atoms with Gasteiger partial charge in [0.25, 0.3) is 0 Å². The predicted octanol–water partition coefficient (Wildman–Crippen LogP) is 3.16. The number of aromatic nitrogens is 1. The monoisotopic (exact) mass is 504 g/mol. The Morgan fingerprint density at radius 3 is 2.59 bits per heavy atom. The Morgan fingerprint density at radius 2 is 2.00 bits per heavy atom. The number of aliphatic imine (C=N–C) groups is 1. The van der Waals surface area contributed by atoms with Crippen molar-refractivity contribution in [2.24, 2.45) is 4.99 Å². The highest BCUT2D eigenvalue weighted by atomic mass is 127. The number of nitrogens with zero attached hydrogens (tertiary/aromatic N) is 2. The van der Waals surface area contributed by atoms with Gasteiger partial charge in [-0.05, 0) is 31.0 Å². The molecule has 0 fully saturated rings. The lowest BCUT2D eigenvalue weighted by Gasteiger charge is -2.13. The first-order valence-electron chi connectivity index (χ1n) is 8.94. The fourth-order valence-electron chi connectivity index (χ4n) is 2.37. The molecule has 2 aromatic rings. The third-order valence-electron chi connectivity index (χ3n) is 3.85. The highest BCUT2D eigenvalue weighted by molar-refractivity contribution is 14.0. The zero-order valence-electron chi connectivity index (χ0n) is 16.1. The van der Waals surface area contributed by atoms with E-state index >= 15 is 0 Å². The Kier molecular flexibility index (Phi) is 11.3. The van der Waals surface area contributed by atoms with E-state index < -0.39 is 6.10 Å². The standard InChI is InChI=1S/C19H28N4O2S.HI/c1-4-16-12-22-18(26-16)10-11-21-19(20-5-2)23-13-17(24)14-6-8-15(25-3)9-7-14;/h6-9,12,17,24H,4-5,10-11,13H2,1-3H3,(H2,20,21,23);1H. The molecule has 0 spiro atoms. The first kappa shape index (κ1) is 23.6. The summed E-state index contributed by atoms with van der Waals surface area (Å²) in [6.45, 7) is 5.97. The summed E-state index contributed by atoms with van der Waals surface area (Å²) in [6.07, 6.45) is 3.18. The molecule has 1 atom stereocenters. The van der Waals surface area contributed by atoms with Crippen LogP contribution >= 0.6 is 35.3 Å². The third-order valence-corrected chi connectivity index (χ3v) is 5.05. The van der Waals surface area contributed by atoms with E-state index in [0.717, 1.165) is 42.3 Å². The summed E-state index contributed by atoms with van der Waals surface area (Å²) in [4.78, 5) is 10.2. The van der Waals surface area contributed by atoms with Crippen molar-refractivity contribution in [3.8, 4) is 5.75 Å². The van der Waals surface area contributed by atoms with Gasteiger partial charge in [-0.3, -0.25) is 4.99 Å². The Bertz CT molecular complexity index is 691. The molecule has 0 aliphatic carbocycles.